The lowest BCUT2D eigenvalue weighted by Crippen LogP contribution is -2.65. The molecule has 1 saturated heterocycles. The number of rotatable bonds is 7. The van der Waals surface area contributed by atoms with Crippen molar-refractivity contribution in [2.24, 2.45) is 17.4 Å². The summed E-state index contributed by atoms with van der Waals surface area (Å²) in [5, 5.41) is 18.4. The van der Waals surface area contributed by atoms with E-state index in [9.17, 15) is 24.3 Å². The Balaban J connectivity index is 3.21. The predicted octanol–water partition coefficient (Wildman–Crippen LogP) is -1.21. The number of nitrogens with zero attached hydrogens (tertiary/aromatic N) is 1. The van der Waals surface area contributed by atoms with Gasteiger partial charge in [0.25, 0.3) is 0 Å². The molecule has 0 bridgehead atoms. The fourth-order valence-corrected chi connectivity index (χ4v) is 2.75. The number of nitrogens with two attached hydrogens (primary N) is 2. The number of hydrogen-bond donors (Lipinski definition) is 4. The molecule has 1 aliphatic rings. The van der Waals surface area contributed by atoms with E-state index in [0.29, 0.717) is 6.42 Å². The van der Waals surface area contributed by atoms with Crippen LogP contribution in [0, 0.1) is 5.92 Å². The van der Waals surface area contributed by atoms with E-state index < -0.39 is 47.7 Å². The quantitative estimate of drug-likeness (QED) is 0.422. The number of aliphatic carboxylic acids is 2. The lowest BCUT2D eigenvalue weighted by atomic mass is 9.85. The lowest BCUT2D eigenvalue weighted by Gasteiger charge is -2.36. The molecular formula is C14H23N3O6. The van der Waals surface area contributed by atoms with Crippen molar-refractivity contribution >= 4 is 23.6 Å². The number of carboxylic acids is 2. The molecule has 130 valence electrons. The SMILES string of the molecule is CC(C)C(N)C(=O)N1CCCC1(C(=O)O)C(=O)C(N)CC(=O)O. The smallest absolute Gasteiger partial charge is 0.337 e. The molecule has 9 nitrogen and oxygen atoms in total. The van der Waals surface area contributed by atoms with Crippen LogP contribution in [0.4, 0.5) is 0 Å². The van der Waals surface area contributed by atoms with Crippen LogP contribution >= 0.6 is 0 Å². The zero-order valence-corrected chi connectivity index (χ0v) is 13.2. The van der Waals surface area contributed by atoms with Crippen LogP contribution in [-0.4, -0.2) is 62.9 Å². The minimum atomic E-state index is -2.14. The Bertz CT molecular complexity index is 521. The number of Topliss-reactive ketones (excluding diaryl/α,β-unsaturated/α-hetero) is 1. The van der Waals surface area contributed by atoms with E-state index in [0.717, 1.165) is 4.90 Å². The van der Waals surface area contributed by atoms with Gasteiger partial charge in [-0.15, -0.1) is 0 Å². The van der Waals surface area contributed by atoms with Gasteiger partial charge in [0.2, 0.25) is 11.4 Å². The van der Waals surface area contributed by atoms with Crippen molar-refractivity contribution in [2.75, 3.05) is 6.54 Å². The van der Waals surface area contributed by atoms with E-state index in [1.54, 1.807) is 13.8 Å². The maximum atomic E-state index is 12.5. The molecule has 1 amide bonds. The van der Waals surface area contributed by atoms with E-state index >= 15 is 0 Å². The van der Waals surface area contributed by atoms with Crippen LogP contribution in [-0.2, 0) is 19.2 Å². The van der Waals surface area contributed by atoms with Crippen molar-refractivity contribution in [3.8, 4) is 0 Å². The average molecular weight is 329 g/mol. The van der Waals surface area contributed by atoms with E-state index in [4.69, 9.17) is 16.6 Å². The van der Waals surface area contributed by atoms with Crippen LogP contribution < -0.4 is 11.5 Å². The highest BCUT2D eigenvalue weighted by Gasteiger charge is 2.57. The number of carboxylic acid groups (broad SMARTS) is 2. The molecule has 1 rings (SSSR count). The third-order valence-electron chi connectivity index (χ3n) is 4.14. The molecule has 3 atom stereocenters. The third kappa shape index (κ3) is 3.50. The summed E-state index contributed by atoms with van der Waals surface area (Å²) >= 11 is 0. The largest absolute Gasteiger partial charge is 0.481 e. The lowest BCUT2D eigenvalue weighted by molar-refractivity contribution is -0.163. The van der Waals surface area contributed by atoms with Crippen LogP contribution in [0.15, 0.2) is 0 Å². The van der Waals surface area contributed by atoms with Gasteiger partial charge in [-0.3, -0.25) is 14.4 Å². The Morgan fingerprint density at radius 1 is 1.17 bits per heavy atom. The number of ketones is 1. The molecule has 0 radical (unpaired) electrons. The number of hydrogen-bond acceptors (Lipinski definition) is 6. The summed E-state index contributed by atoms with van der Waals surface area (Å²) in [7, 11) is 0. The second kappa shape index (κ2) is 7.05. The van der Waals surface area contributed by atoms with Crippen LogP contribution in [0.2, 0.25) is 0 Å². The molecule has 23 heavy (non-hydrogen) atoms. The molecule has 9 heteroatoms. The maximum absolute atomic E-state index is 12.5. The number of likely N-dealkylation sites (tertiary alicyclic amines) is 1. The molecule has 0 aromatic heterocycles. The number of carbonyl (C=O) groups excluding carboxylic acids is 2. The first kappa shape index (κ1) is 19.0. The van der Waals surface area contributed by atoms with Crippen LogP contribution in [0.25, 0.3) is 0 Å². The highest BCUT2D eigenvalue weighted by atomic mass is 16.4. The Morgan fingerprint density at radius 2 is 1.74 bits per heavy atom. The normalized spacial score (nSPS) is 23.6. The van der Waals surface area contributed by atoms with Gasteiger partial charge in [0.05, 0.1) is 18.5 Å². The molecule has 0 saturated carbocycles. The first-order chi connectivity index (χ1) is 10.6. The average Bonchev–Trinajstić information content (AvgIpc) is 2.89. The van der Waals surface area contributed by atoms with Crippen molar-refractivity contribution in [3.63, 3.8) is 0 Å². The minimum absolute atomic E-state index is 0.0666. The zero-order chi connectivity index (χ0) is 17.9. The molecule has 3 unspecified atom stereocenters. The Labute approximate surface area is 133 Å². The maximum Gasteiger partial charge on any atom is 0.337 e. The van der Waals surface area contributed by atoms with Gasteiger partial charge in [0.1, 0.15) is 0 Å². The molecule has 0 spiro atoms. The standard InChI is InChI=1S/C14H23N3O6/c1-7(2)10(16)12(21)17-5-3-4-14(17,13(22)23)11(20)8(15)6-9(18)19/h7-8,10H,3-6,15-16H2,1-2H3,(H,18,19)(H,22,23). The molecule has 0 aliphatic carbocycles. The summed E-state index contributed by atoms with van der Waals surface area (Å²) < 4.78 is 0. The van der Waals surface area contributed by atoms with Crippen molar-refractivity contribution in [3.05, 3.63) is 0 Å². The number of amides is 1. The number of carbonyl (C=O) groups is 4. The van der Waals surface area contributed by atoms with Gasteiger partial charge < -0.3 is 26.6 Å². The van der Waals surface area contributed by atoms with Gasteiger partial charge in [-0.05, 0) is 18.8 Å². The van der Waals surface area contributed by atoms with Crippen LogP contribution in [0.5, 0.6) is 0 Å². The van der Waals surface area contributed by atoms with E-state index in [2.05, 4.69) is 0 Å². The first-order valence-electron chi connectivity index (χ1n) is 7.37. The zero-order valence-electron chi connectivity index (χ0n) is 13.2. The molecule has 0 aromatic carbocycles. The highest BCUT2D eigenvalue weighted by Crippen LogP contribution is 2.33. The Kier molecular flexibility index (Phi) is 5.84. The molecule has 1 aliphatic heterocycles. The van der Waals surface area contributed by atoms with Gasteiger partial charge in [-0.25, -0.2) is 4.79 Å². The van der Waals surface area contributed by atoms with E-state index in [-0.39, 0.29) is 18.9 Å². The molecule has 6 N–H and O–H groups in total. The van der Waals surface area contributed by atoms with Gasteiger partial charge in [-0.2, -0.15) is 0 Å². The fraction of sp³-hybridized carbons (Fsp3) is 0.714. The van der Waals surface area contributed by atoms with Crippen molar-refractivity contribution in [2.45, 2.75) is 50.7 Å². The monoisotopic (exact) mass is 329 g/mol. The Morgan fingerprint density at radius 3 is 2.17 bits per heavy atom. The topological polar surface area (TPSA) is 164 Å². The summed E-state index contributed by atoms with van der Waals surface area (Å²) in [6.07, 6.45) is -0.508. The molecule has 1 heterocycles. The second-order valence-corrected chi connectivity index (χ2v) is 6.10. The molecule has 0 aromatic rings. The molecule has 1 fully saturated rings. The van der Waals surface area contributed by atoms with Gasteiger partial charge in [0, 0.05) is 6.54 Å². The van der Waals surface area contributed by atoms with E-state index in [1.807, 2.05) is 0 Å². The van der Waals surface area contributed by atoms with E-state index in [1.165, 1.54) is 0 Å². The second-order valence-electron chi connectivity index (χ2n) is 6.10. The summed E-state index contributed by atoms with van der Waals surface area (Å²) in [6, 6.07) is -2.46. The minimum Gasteiger partial charge on any atom is -0.481 e. The first-order valence-corrected chi connectivity index (χ1v) is 7.37. The summed E-state index contributed by atoms with van der Waals surface area (Å²) in [5.74, 6) is -4.69. The summed E-state index contributed by atoms with van der Waals surface area (Å²) in [6.45, 7) is 3.48. The molecular weight excluding hydrogens is 306 g/mol. The van der Waals surface area contributed by atoms with Gasteiger partial charge in [-0.1, -0.05) is 13.8 Å². The van der Waals surface area contributed by atoms with Gasteiger partial charge in [0.15, 0.2) is 5.78 Å². The highest BCUT2D eigenvalue weighted by molar-refractivity contribution is 6.13. The van der Waals surface area contributed by atoms with Crippen molar-refractivity contribution in [1.29, 1.82) is 0 Å². The third-order valence-corrected chi connectivity index (χ3v) is 4.14. The van der Waals surface area contributed by atoms with Crippen molar-refractivity contribution in [1.82, 2.24) is 4.90 Å². The summed E-state index contributed by atoms with van der Waals surface area (Å²) in [5.41, 5.74) is 9.21. The van der Waals surface area contributed by atoms with Crippen LogP contribution in [0.1, 0.15) is 33.1 Å². The predicted molar refractivity (Wildman–Crippen MR) is 79.4 cm³/mol. The fourth-order valence-electron chi connectivity index (χ4n) is 2.75. The summed E-state index contributed by atoms with van der Waals surface area (Å²) in [4.78, 5) is 48.5. The van der Waals surface area contributed by atoms with Crippen LogP contribution in [0.3, 0.4) is 0 Å². The Hall–Kier alpha value is -2.00. The van der Waals surface area contributed by atoms with Gasteiger partial charge >= 0.3 is 11.9 Å². The van der Waals surface area contributed by atoms with Crippen molar-refractivity contribution < 1.29 is 29.4 Å².